The van der Waals surface area contributed by atoms with Crippen LogP contribution in [0.15, 0.2) is 48.2 Å². The van der Waals surface area contributed by atoms with E-state index in [0.29, 0.717) is 29.2 Å². The summed E-state index contributed by atoms with van der Waals surface area (Å²) in [6.07, 6.45) is 0.912. The summed E-state index contributed by atoms with van der Waals surface area (Å²) in [6, 6.07) is 12.6. The number of aryl methyl sites for hydroxylation is 1. The van der Waals surface area contributed by atoms with Crippen LogP contribution >= 0.6 is 0 Å². The lowest BCUT2D eigenvalue weighted by Crippen LogP contribution is -2.38. The molecule has 0 aliphatic carbocycles. The second-order valence-corrected chi connectivity index (χ2v) is 7.53. The summed E-state index contributed by atoms with van der Waals surface area (Å²) >= 11 is 0. The zero-order valence-electron chi connectivity index (χ0n) is 18.1. The third-order valence-corrected chi connectivity index (χ3v) is 4.86. The van der Waals surface area contributed by atoms with Crippen molar-refractivity contribution in [1.82, 2.24) is 4.90 Å². The van der Waals surface area contributed by atoms with Crippen LogP contribution in [0.25, 0.3) is 5.57 Å². The van der Waals surface area contributed by atoms with Crippen molar-refractivity contribution in [2.75, 3.05) is 19.0 Å². The Balaban J connectivity index is 2.06. The number of amides is 2. The van der Waals surface area contributed by atoms with E-state index in [1.807, 2.05) is 70.2 Å². The van der Waals surface area contributed by atoms with Crippen LogP contribution in [0.5, 0.6) is 11.5 Å². The van der Waals surface area contributed by atoms with Gasteiger partial charge in [-0.05, 0) is 62.6 Å². The number of benzene rings is 2. The van der Waals surface area contributed by atoms with Gasteiger partial charge in [0.2, 0.25) is 0 Å². The fourth-order valence-corrected chi connectivity index (χ4v) is 3.39. The van der Waals surface area contributed by atoms with Crippen LogP contribution in [0.4, 0.5) is 5.69 Å². The molecule has 2 aromatic carbocycles. The third-order valence-electron chi connectivity index (χ3n) is 4.86. The summed E-state index contributed by atoms with van der Waals surface area (Å²) < 4.78 is 11.1. The van der Waals surface area contributed by atoms with E-state index >= 15 is 0 Å². The van der Waals surface area contributed by atoms with Gasteiger partial charge in [-0.25, -0.2) is 0 Å². The maximum Gasteiger partial charge on any atom is 0.278 e. The van der Waals surface area contributed by atoms with Crippen molar-refractivity contribution in [3.05, 3.63) is 59.3 Å². The van der Waals surface area contributed by atoms with Gasteiger partial charge in [0.25, 0.3) is 11.8 Å². The highest BCUT2D eigenvalue weighted by Gasteiger charge is 2.40. The summed E-state index contributed by atoms with van der Waals surface area (Å²) in [5.41, 5.74) is 2.91. The number of nitrogens with one attached hydrogen (secondary N) is 1. The first-order valence-electron chi connectivity index (χ1n) is 10.1. The van der Waals surface area contributed by atoms with Crippen molar-refractivity contribution in [3.8, 4) is 11.5 Å². The molecule has 30 heavy (non-hydrogen) atoms. The highest BCUT2D eigenvalue weighted by Crippen LogP contribution is 2.35. The molecule has 0 fully saturated rings. The van der Waals surface area contributed by atoms with Crippen molar-refractivity contribution >= 4 is 23.1 Å². The van der Waals surface area contributed by atoms with Crippen LogP contribution in [-0.2, 0) is 9.59 Å². The molecule has 0 aromatic heterocycles. The Bertz CT molecular complexity index is 977. The minimum absolute atomic E-state index is 0.250. The molecule has 1 aliphatic heterocycles. The molecule has 6 heteroatoms. The monoisotopic (exact) mass is 408 g/mol. The Kier molecular flexibility index (Phi) is 6.45. The first-order valence-corrected chi connectivity index (χ1v) is 10.1. The average molecular weight is 408 g/mol. The second-order valence-electron chi connectivity index (χ2n) is 7.53. The maximum absolute atomic E-state index is 13.2. The smallest absolute Gasteiger partial charge is 0.278 e. The van der Waals surface area contributed by atoms with E-state index in [-0.39, 0.29) is 23.6 Å². The second kappa shape index (κ2) is 9.03. The molecule has 0 saturated carbocycles. The highest BCUT2D eigenvalue weighted by molar-refractivity contribution is 6.36. The largest absolute Gasteiger partial charge is 0.495 e. The van der Waals surface area contributed by atoms with E-state index in [4.69, 9.17) is 9.47 Å². The predicted octanol–water partition coefficient (Wildman–Crippen LogP) is 4.39. The van der Waals surface area contributed by atoms with Crippen molar-refractivity contribution < 1.29 is 19.1 Å². The number of rotatable bonds is 8. The van der Waals surface area contributed by atoms with Crippen molar-refractivity contribution in [2.24, 2.45) is 0 Å². The number of carbonyl (C=O) groups excluding carboxylic acids is 2. The Morgan fingerprint density at radius 3 is 2.33 bits per heavy atom. The van der Waals surface area contributed by atoms with Gasteiger partial charge in [-0.2, -0.15) is 0 Å². The van der Waals surface area contributed by atoms with Crippen LogP contribution in [0, 0.1) is 6.92 Å². The van der Waals surface area contributed by atoms with Crippen molar-refractivity contribution in [3.63, 3.8) is 0 Å². The molecule has 0 unspecified atom stereocenters. The molecule has 2 aromatic rings. The quantitative estimate of drug-likeness (QED) is 0.656. The molecule has 0 bridgehead atoms. The molecule has 3 rings (SSSR count). The fraction of sp³-hybridized carbons (Fsp3) is 0.333. The number of hydrogen-bond donors (Lipinski definition) is 1. The lowest BCUT2D eigenvalue weighted by atomic mass is 10.0. The van der Waals surface area contributed by atoms with E-state index in [2.05, 4.69) is 5.32 Å². The Morgan fingerprint density at radius 2 is 1.73 bits per heavy atom. The first-order chi connectivity index (χ1) is 14.4. The SMILES string of the molecule is CCCOc1ccc(C2=C(Nc3cc(C)ccc3OC)C(=O)N(C(C)C)C2=O)cc1. The number of nitrogens with zero attached hydrogens (tertiary/aromatic N) is 1. The number of imide groups is 1. The summed E-state index contributed by atoms with van der Waals surface area (Å²) in [5, 5.41) is 3.18. The topological polar surface area (TPSA) is 67.9 Å². The lowest BCUT2D eigenvalue weighted by Gasteiger charge is -2.19. The molecule has 0 radical (unpaired) electrons. The Hall–Kier alpha value is -3.28. The van der Waals surface area contributed by atoms with Gasteiger partial charge in [-0.1, -0.05) is 25.1 Å². The number of methoxy groups -OCH3 is 1. The van der Waals surface area contributed by atoms with Gasteiger partial charge in [0.15, 0.2) is 0 Å². The van der Waals surface area contributed by atoms with Crippen LogP contribution < -0.4 is 14.8 Å². The minimum Gasteiger partial charge on any atom is -0.495 e. The molecule has 0 saturated heterocycles. The molecule has 1 heterocycles. The van der Waals surface area contributed by atoms with Gasteiger partial charge in [0.1, 0.15) is 17.2 Å². The molecular formula is C24H28N2O4. The molecule has 0 spiro atoms. The van der Waals surface area contributed by atoms with Gasteiger partial charge in [-0.3, -0.25) is 14.5 Å². The highest BCUT2D eigenvalue weighted by atomic mass is 16.5. The van der Waals surface area contributed by atoms with Gasteiger partial charge in [0.05, 0.1) is 25.0 Å². The van der Waals surface area contributed by atoms with E-state index in [1.54, 1.807) is 7.11 Å². The van der Waals surface area contributed by atoms with Crippen LogP contribution in [0.1, 0.15) is 38.3 Å². The number of anilines is 1. The van der Waals surface area contributed by atoms with Crippen molar-refractivity contribution in [2.45, 2.75) is 40.2 Å². The summed E-state index contributed by atoms with van der Waals surface area (Å²) in [7, 11) is 1.57. The van der Waals surface area contributed by atoms with Crippen LogP contribution in [0.3, 0.4) is 0 Å². The zero-order valence-corrected chi connectivity index (χ0v) is 18.1. The molecule has 158 valence electrons. The maximum atomic E-state index is 13.2. The lowest BCUT2D eigenvalue weighted by molar-refractivity contribution is -0.138. The first kappa shape index (κ1) is 21.4. The zero-order chi connectivity index (χ0) is 21.8. The Morgan fingerprint density at radius 1 is 1.03 bits per heavy atom. The molecule has 2 amide bonds. The normalized spacial score (nSPS) is 14.0. The minimum atomic E-state index is -0.347. The summed E-state index contributed by atoms with van der Waals surface area (Å²) in [4.78, 5) is 27.6. The van der Waals surface area contributed by atoms with E-state index in [0.717, 1.165) is 17.7 Å². The number of carbonyl (C=O) groups is 2. The van der Waals surface area contributed by atoms with Gasteiger partial charge >= 0.3 is 0 Å². The molecule has 1 N–H and O–H groups in total. The third kappa shape index (κ3) is 4.17. The van der Waals surface area contributed by atoms with E-state index in [9.17, 15) is 9.59 Å². The van der Waals surface area contributed by atoms with Gasteiger partial charge in [0, 0.05) is 6.04 Å². The number of hydrogen-bond acceptors (Lipinski definition) is 5. The summed E-state index contributed by atoms with van der Waals surface area (Å²) in [5.74, 6) is 0.666. The molecule has 0 atom stereocenters. The van der Waals surface area contributed by atoms with E-state index < -0.39 is 0 Å². The predicted molar refractivity (Wildman–Crippen MR) is 117 cm³/mol. The van der Waals surface area contributed by atoms with Crippen LogP contribution in [-0.4, -0.2) is 36.5 Å². The van der Waals surface area contributed by atoms with Crippen LogP contribution in [0.2, 0.25) is 0 Å². The number of ether oxygens (including phenoxy) is 2. The average Bonchev–Trinajstić information content (AvgIpc) is 2.96. The Labute approximate surface area is 177 Å². The van der Waals surface area contributed by atoms with Gasteiger partial charge in [-0.15, -0.1) is 0 Å². The summed E-state index contributed by atoms with van der Waals surface area (Å²) in [6.45, 7) is 8.27. The van der Waals surface area contributed by atoms with Crippen molar-refractivity contribution in [1.29, 1.82) is 0 Å². The van der Waals surface area contributed by atoms with Gasteiger partial charge < -0.3 is 14.8 Å². The van der Waals surface area contributed by atoms with E-state index in [1.165, 1.54) is 4.90 Å². The fourth-order valence-electron chi connectivity index (χ4n) is 3.39. The standard InChI is InChI=1S/C24H28N2O4/c1-6-13-30-18-10-8-17(9-11-18)21-22(24(28)26(15(2)3)23(21)27)25-19-14-16(4)7-12-20(19)29-5/h7-12,14-15,25H,6,13H2,1-5H3. The molecule has 6 nitrogen and oxygen atoms in total. The molecular weight excluding hydrogens is 380 g/mol. The molecule has 1 aliphatic rings.